The number of methoxy groups -OCH3 is 1. The molecule has 0 unspecified atom stereocenters. The zero-order chi connectivity index (χ0) is 20.5. The molecule has 1 heterocycles. The first-order chi connectivity index (χ1) is 13.2. The smallest absolute Gasteiger partial charge is 0.496 e. The van der Waals surface area contributed by atoms with Crippen molar-refractivity contribution in [2.24, 2.45) is 0 Å². The number of phosphoric acid groups is 1. The van der Waals surface area contributed by atoms with Crippen molar-refractivity contribution in [1.29, 1.82) is 0 Å². The molecule has 3 aromatic rings. The number of aromatic nitrogens is 3. The van der Waals surface area contributed by atoms with Gasteiger partial charge in [0.1, 0.15) is 11.5 Å². The van der Waals surface area contributed by atoms with E-state index in [1.54, 1.807) is 36.4 Å². The number of phosphoric ester groups is 1. The number of aryl methyl sites for hydroxylation is 1. The van der Waals surface area contributed by atoms with Crippen LogP contribution in [0.2, 0.25) is 0 Å². The van der Waals surface area contributed by atoms with E-state index in [0.717, 1.165) is 22.6 Å². The lowest BCUT2D eigenvalue weighted by molar-refractivity contribution is 0.281. The normalized spacial score (nSPS) is 11.5. The van der Waals surface area contributed by atoms with Crippen LogP contribution in [0.4, 0.5) is 0 Å². The molecular formula is C18H20N3O5PS. The lowest BCUT2D eigenvalue weighted by Gasteiger charge is -2.14. The summed E-state index contributed by atoms with van der Waals surface area (Å²) < 4.78 is 23.3. The molecule has 0 fully saturated rings. The van der Waals surface area contributed by atoms with Gasteiger partial charge in [-0.05, 0) is 49.4 Å². The second-order valence-electron chi connectivity index (χ2n) is 6.07. The summed E-state index contributed by atoms with van der Waals surface area (Å²) in [6, 6.07) is 8.97. The van der Waals surface area contributed by atoms with Crippen LogP contribution in [0.25, 0.3) is 16.9 Å². The lowest BCUT2D eigenvalue weighted by Crippen LogP contribution is -2.02. The molecule has 2 aromatic carbocycles. The van der Waals surface area contributed by atoms with Crippen molar-refractivity contribution < 1.29 is 23.6 Å². The van der Waals surface area contributed by atoms with E-state index in [4.69, 9.17) is 9.26 Å². The molecule has 0 aliphatic carbocycles. The molecule has 28 heavy (non-hydrogen) atoms. The van der Waals surface area contributed by atoms with Gasteiger partial charge in [-0.2, -0.15) is 0 Å². The van der Waals surface area contributed by atoms with Gasteiger partial charge in [0, 0.05) is 16.5 Å². The highest BCUT2D eigenvalue weighted by molar-refractivity contribution is 7.98. The molecule has 0 saturated carbocycles. The summed E-state index contributed by atoms with van der Waals surface area (Å²) in [4.78, 5) is 19.0. The second-order valence-corrected chi connectivity index (χ2v) is 8.08. The summed E-state index contributed by atoms with van der Waals surface area (Å²) in [5.74, 6) is 0.837. The van der Waals surface area contributed by atoms with Crippen LogP contribution in [0, 0.1) is 13.8 Å². The third-order valence-corrected chi connectivity index (χ3v) is 5.51. The number of ether oxygens (including phenoxy) is 1. The Labute approximate surface area is 166 Å². The van der Waals surface area contributed by atoms with Crippen molar-refractivity contribution in [1.82, 2.24) is 15.0 Å². The van der Waals surface area contributed by atoms with Gasteiger partial charge in [-0.15, -0.1) is 16.9 Å². The van der Waals surface area contributed by atoms with Crippen LogP contribution in [0.3, 0.4) is 0 Å². The molecule has 1 aromatic heterocycles. The molecule has 3 rings (SSSR count). The minimum atomic E-state index is -4.68. The first-order valence-electron chi connectivity index (χ1n) is 8.23. The minimum absolute atomic E-state index is 0.101. The fourth-order valence-electron chi connectivity index (χ4n) is 2.80. The monoisotopic (exact) mass is 421 g/mol. The Morgan fingerprint density at radius 3 is 2.54 bits per heavy atom. The molecule has 8 nitrogen and oxygen atoms in total. The highest BCUT2D eigenvalue weighted by atomic mass is 32.2. The molecule has 10 heteroatoms. The molecule has 0 amide bonds. The van der Waals surface area contributed by atoms with Gasteiger partial charge in [-0.3, -0.25) is 9.79 Å². The molecule has 0 aliphatic heterocycles. The van der Waals surface area contributed by atoms with Gasteiger partial charge < -0.3 is 9.26 Å². The van der Waals surface area contributed by atoms with E-state index in [0.29, 0.717) is 16.2 Å². The molecule has 0 atom stereocenters. The maximum absolute atomic E-state index is 11.3. The van der Waals surface area contributed by atoms with Gasteiger partial charge in [0.15, 0.2) is 0 Å². The predicted octanol–water partition coefficient (Wildman–Crippen LogP) is 3.75. The van der Waals surface area contributed by atoms with Gasteiger partial charge in [0.25, 0.3) is 0 Å². The van der Waals surface area contributed by atoms with Crippen molar-refractivity contribution >= 4 is 19.6 Å². The Bertz CT molecular complexity index is 1060. The average Bonchev–Trinajstić information content (AvgIpc) is 3.12. The van der Waals surface area contributed by atoms with Crippen molar-refractivity contribution in [3.05, 3.63) is 47.7 Å². The zero-order valence-electron chi connectivity index (χ0n) is 15.8. The summed E-state index contributed by atoms with van der Waals surface area (Å²) in [5.41, 5.74) is 4.14. The van der Waals surface area contributed by atoms with Gasteiger partial charge in [0.05, 0.1) is 24.7 Å². The summed E-state index contributed by atoms with van der Waals surface area (Å²) in [5, 5.41) is 8.17. The summed E-state index contributed by atoms with van der Waals surface area (Å²) in [7, 11) is -3.07. The Hall–Kier alpha value is -2.32. The highest BCUT2D eigenvalue weighted by Crippen LogP contribution is 2.43. The van der Waals surface area contributed by atoms with E-state index in [1.807, 2.05) is 32.0 Å². The van der Waals surface area contributed by atoms with Gasteiger partial charge in [-0.25, -0.2) is 9.25 Å². The molecule has 0 spiro atoms. The predicted molar refractivity (Wildman–Crippen MR) is 107 cm³/mol. The molecule has 0 aliphatic rings. The van der Waals surface area contributed by atoms with Crippen molar-refractivity contribution in [2.75, 3.05) is 13.4 Å². The molecule has 0 saturated heterocycles. The summed E-state index contributed by atoms with van der Waals surface area (Å²) >= 11 is 1.33. The van der Waals surface area contributed by atoms with Crippen LogP contribution >= 0.6 is 19.6 Å². The third-order valence-electron chi connectivity index (χ3n) is 4.29. The standard InChI is InChI=1S/C18H20N3O5PS/c1-11-7-14(9-16(25-3)12(11)2)21-15(10-19-20-21)13-5-6-18(28-4)17(8-13)26-27(22,23)24/h5-10H,1-4H3,(H2,22,23,24). The van der Waals surface area contributed by atoms with Gasteiger partial charge >= 0.3 is 7.82 Å². The molecule has 0 bridgehead atoms. The number of nitrogens with zero attached hydrogens (tertiary/aromatic N) is 3. The quantitative estimate of drug-likeness (QED) is 0.458. The number of benzene rings is 2. The Morgan fingerprint density at radius 2 is 1.89 bits per heavy atom. The van der Waals surface area contributed by atoms with Crippen molar-refractivity contribution in [3.63, 3.8) is 0 Å². The largest absolute Gasteiger partial charge is 0.524 e. The van der Waals surface area contributed by atoms with E-state index < -0.39 is 7.82 Å². The molecule has 2 N–H and O–H groups in total. The lowest BCUT2D eigenvalue weighted by atomic mass is 10.1. The van der Waals surface area contributed by atoms with Crippen LogP contribution in [-0.4, -0.2) is 38.1 Å². The van der Waals surface area contributed by atoms with Crippen LogP contribution in [0.15, 0.2) is 41.4 Å². The SMILES string of the molecule is COc1cc(-n2nncc2-c2ccc(SC)c(OP(=O)(O)O)c2)cc(C)c1C. The fourth-order valence-corrected chi connectivity index (χ4v) is 3.78. The fraction of sp³-hybridized carbons (Fsp3) is 0.222. The summed E-state index contributed by atoms with van der Waals surface area (Å²) in [6.45, 7) is 3.96. The van der Waals surface area contributed by atoms with Crippen LogP contribution in [-0.2, 0) is 4.57 Å². The zero-order valence-corrected chi connectivity index (χ0v) is 17.5. The van der Waals surface area contributed by atoms with Crippen LogP contribution < -0.4 is 9.26 Å². The highest BCUT2D eigenvalue weighted by Gasteiger charge is 2.20. The number of hydrogen-bond acceptors (Lipinski definition) is 6. The first kappa shape index (κ1) is 20.4. The average molecular weight is 421 g/mol. The Kier molecular flexibility index (Phi) is 5.81. The first-order valence-corrected chi connectivity index (χ1v) is 11.0. The Balaban J connectivity index is 2.11. The Morgan fingerprint density at radius 1 is 1.14 bits per heavy atom. The van der Waals surface area contributed by atoms with Crippen LogP contribution in [0.1, 0.15) is 11.1 Å². The second kappa shape index (κ2) is 7.97. The van der Waals surface area contributed by atoms with E-state index in [2.05, 4.69) is 10.3 Å². The maximum Gasteiger partial charge on any atom is 0.524 e. The molecule has 148 valence electrons. The molecular weight excluding hydrogens is 401 g/mol. The van der Waals surface area contributed by atoms with Gasteiger partial charge in [0.2, 0.25) is 0 Å². The number of rotatable bonds is 6. The van der Waals surface area contributed by atoms with Gasteiger partial charge in [-0.1, -0.05) is 11.3 Å². The molecule has 0 radical (unpaired) electrons. The minimum Gasteiger partial charge on any atom is -0.496 e. The van der Waals surface area contributed by atoms with E-state index in [1.165, 1.54) is 11.8 Å². The maximum atomic E-state index is 11.3. The van der Waals surface area contributed by atoms with E-state index in [-0.39, 0.29) is 5.75 Å². The van der Waals surface area contributed by atoms with Crippen molar-refractivity contribution in [2.45, 2.75) is 18.7 Å². The summed E-state index contributed by atoms with van der Waals surface area (Å²) in [6.07, 6.45) is 3.38. The topological polar surface area (TPSA) is 107 Å². The van der Waals surface area contributed by atoms with E-state index in [9.17, 15) is 14.4 Å². The van der Waals surface area contributed by atoms with Crippen LogP contribution in [0.5, 0.6) is 11.5 Å². The van der Waals surface area contributed by atoms with E-state index >= 15 is 0 Å². The third kappa shape index (κ3) is 4.23. The number of thioether (sulfide) groups is 1. The van der Waals surface area contributed by atoms with Crippen molar-refractivity contribution in [3.8, 4) is 28.4 Å². The number of hydrogen-bond donors (Lipinski definition) is 2.